The average Bonchev–Trinajstić information content (AvgIpc) is 3.19. The number of aliphatic carboxylic acids is 2. The van der Waals surface area contributed by atoms with Crippen LogP contribution in [-0.2, 0) is 57.3 Å². The van der Waals surface area contributed by atoms with Crippen LogP contribution in [0.25, 0.3) is 0 Å². The van der Waals surface area contributed by atoms with Crippen molar-refractivity contribution in [3.63, 3.8) is 0 Å². The van der Waals surface area contributed by atoms with E-state index in [1.807, 2.05) is 20.8 Å². The van der Waals surface area contributed by atoms with E-state index in [9.17, 15) is 48.6 Å². The highest BCUT2D eigenvalue weighted by molar-refractivity contribution is 9.09. The van der Waals surface area contributed by atoms with E-state index in [0.717, 1.165) is 12.8 Å². The number of carboxylic acids is 2. The van der Waals surface area contributed by atoms with Gasteiger partial charge in [-0.25, -0.2) is 9.59 Å². The Morgan fingerprint density at radius 3 is 1.70 bits per heavy atom. The van der Waals surface area contributed by atoms with Gasteiger partial charge in [-0.2, -0.15) is 0 Å². The van der Waals surface area contributed by atoms with Gasteiger partial charge in [-0.1, -0.05) is 36.7 Å². The molecule has 60 heavy (non-hydrogen) atoms. The number of unbranched alkanes of at least 4 members (excludes halogenated alkanes) is 1. The predicted molar refractivity (Wildman–Crippen MR) is 221 cm³/mol. The molecule has 0 unspecified atom stereocenters. The summed E-state index contributed by atoms with van der Waals surface area (Å²) in [6.45, 7) is 7.69. The minimum atomic E-state index is -1.21. The van der Waals surface area contributed by atoms with Gasteiger partial charge in [-0.15, -0.1) is 0 Å². The van der Waals surface area contributed by atoms with Gasteiger partial charge in [-0.05, 0) is 62.7 Å². The second-order valence-electron chi connectivity index (χ2n) is 15.7. The third-order valence-electron chi connectivity index (χ3n) is 9.11. The summed E-state index contributed by atoms with van der Waals surface area (Å²) in [4.78, 5) is 95.6. The molecule has 1 saturated carbocycles. The van der Waals surface area contributed by atoms with Gasteiger partial charge in [0.2, 0.25) is 35.4 Å². The molecular formula is C39H67BrN6O14. The highest BCUT2D eigenvalue weighted by Gasteiger charge is 2.30. The van der Waals surface area contributed by atoms with Crippen LogP contribution in [0, 0.1) is 17.3 Å². The lowest BCUT2D eigenvalue weighted by molar-refractivity contribution is -0.143. The van der Waals surface area contributed by atoms with Crippen molar-refractivity contribution in [1.29, 1.82) is 0 Å². The summed E-state index contributed by atoms with van der Waals surface area (Å²) < 4.78 is 21.2. The zero-order chi connectivity index (χ0) is 44.8. The molecule has 6 amide bonds. The first-order valence-corrected chi connectivity index (χ1v) is 21.6. The number of rotatable bonds is 33. The fourth-order valence-corrected chi connectivity index (χ4v) is 6.13. The second-order valence-corrected chi connectivity index (χ2v) is 16.2. The molecule has 0 aliphatic heterocycles. The van der Waals surface area contributed by atoms with Crippen LogP contribution in [0.3, 0.4) is 0 Å². The molecule has 0 aromatic carbocycles. The Morgan fingerprint density at radius 2 is 1.13 bits per heavy atom. The summed E-state index contributed by atoms with van der Waals surface area (Å²) >= 11 is 3.04. The van der Waals surface area contributed by atoms with Crippen LogP contribution in [0.2, 0.25) is 0 Å². The summed E-state index contributed by atoms with van der Waals surface area (Å²) in [7, 11) is 0. The number of ether oxygens (including phenoxy) is 4. The number of nitrogens with one attached hydrogen (secondary N) is 6. The number of carbonyl (C=O) groups is 8. The fraction of sp³-hybridized carbons (Fsp3) is 0.795. The van der Waals surface area contributed by atoms with Crippen molar-refractivity contribution in [3.8, 4) is 0 Å². The Labute approximate surface area is 360 Å². The molecule has 0 heterocycles. The summed E-state index contributed by atoms with van der Waals surface area (Å²) in [6.07, 6.45) is 4.26. The number of hydrogen-bond acceptors (Lipinski definition) is 12. The maximum atomic E-state index is 12.8. The average molecular weight is 924 g/mol. The SMILES string of the molecule is CC(C)(C)CC(=O)NC[C@H]1CC[C@H](C(=O)N[C@@H](CCC(=O)NCCOCCOCC(=O)NCCOCCOCC(=O)N[C@@H](CCCCNC(=O)CBr)C(=O)O)C(=O)O)CC1. The maximum Gasteiger partial charge on any atom is 0.326 e. The van der Waals surface area contributed by atoms with Crippen LogP contribution in [0.1, 0.15) is 85.0 Å². The van der Waals surface area contributed by atoms with Gasteiger partial charge in [0.1, 0.15) is 25.3 Å². The third kappa shape index (κ3) is 28.5. The van der Waals surface area contributed by atoms with Crippen LogP contribution in [0.5, 0.6) is 0 Å². The normalized spacial score (nSPS) is 16.1. The first kappa shape index (κ1) is 54.1. The Hall–Kier alpha value is -3.92. The highest BCUT2D eigenvalue weighted by atomic mass is 79.9. The van der Waals surface area contributed by atoms with Gasteiger partial charge in [0.25, 0.3) is 0 Å². The molecule has 1 fully saturated rings. The Bertz CT molecular complexity index is 1340. The van der Waals surface area contributed by atoms with E-state index < -0.39 is 29.9 Å². The monoisotopic (exact) mass is 922 g/mol. The van der Waals surface area contributed by atoms with Crippen LogP contribution >= 0.6 is 15.9 Å². The van der Waals surface area contributed by atoms with Gasteiger partial charge in [0.05, 0.1) is 45.0 Å². The molecular weight excluding hydrogens is 856 g/mol. The Kier molecular flexibility index (Phi) is 28.7. The summed E-state index contributed by atoms with van der Waals surface area (Å²) in [6, 6.07) is -2.26. The quantitative estimate of drug-likeness (QED) is 0.0324. The smallest absolute Gasteiger partial charge is 0.326 e. The van der Waals surface area contributed by atoms with E-state index in [1.54, 1.807) is 0 Å². The standard InChI is InChI=1S/C39H67BrN6O14/c1-39(2,3)22-32(48)44-24-27-7-9-28(10-8-27)36(52)46-30(38(55)56)11-12-31(47)42-14-16-57-18-20-59-25-34(50)43-15-17-58-19-21-60-26-35(51)45-29(37(53)54)6-4-5-13-41-33(49)23-40/h27-30H,4-26H2,1-3H3,(H,41,49)(H,42,47)(H,43,50)(H,44,48)(H,45,51)(H,46,52)(H,53,54)(H,55,56)/t27-,28-,29-,30-/m0/s1. The molecule has 0 aromatic rings. The topological polar surface area (TPSA) is 286 Å². The molecule has 1 rings (SSSR count). The van der Waals surface area contributed by atoms with E-state index in [0.29, 0.717) is 45.2 Å². The lowest BCUT2D eigenvalue weighted by Gasteiger charge is -2.29. The van der Waals surface area contributed by atoms with Gasteiger partial charge in [0.15, 0.2) is 0 Å². The predicted octanol–water partition coefficient (Wildman–Crippen LogP) is 0.244. The van der Waals surface area contributed by atoms with Crippen molar-refractivity contribution < 1.29 is 67.5 Å². The number of amides is 6. The molecule has 21 heteroatoms. The Balaban J connectivity index is 2.04. The molecule has 0 bridgehead atoms. The van der Waals surface area contributed by atoms with Gasteiger partial charge < -0.3 is 61.1 Å². The van der Waals surface area contributed by atoms with Crippen molar-refractivity contribution in [3.05, 3.63) is 0 Å². The fourth-order valence-electron chi connectivity index (χ4n) is 5.93. The number of halogens is 1. The van der Waals surface area contributed by atoms with Crippen LogP contribution in [0.4, 0.5) is 0 Å². The summed E-state index contributed by atoms with van der Waals surface area (Å²) in [5.74, 6) is -4.24. The van der Waals surface area contributed by atoms with E-state index in [4.69, 9.17) is 18.9 Å². The van der Waals surface area contributed by atoms with Gasteiger partial charge >= 0.3 is 11.9 Å². The molecule has 0 spiro atoms. The highest BCUT2D eigenvalue weighted by Crippen LogP contribution is 2.29. The number of hydrogen-bond donors (Lipinski definition) is 8. The zero-order valence-corrected chi connectivity index (χ0v) is 36.8. The lowest BCUT2D eigenvalue weighted by Crippen LogP contribution is -2.45. The first-order valence-electron chi connectivity index (χ1n) is 20.5. The van der Waals surface area contributed by atoms with Crippen LogP contribution in [-0.4, -0.2) is 154 Å². The van der Waals surface area contributed by atoms with E-state index in [2.05, 4.69) is 47.8 Å². The van der Waals surface area contributed by atoms with Crippen molar-refractivity contribution in [2.24, 2.45) is 17.3 Å². The zero-order valence-electron chi connectivity index (χ0n) is 35.2. The molecule has 344 valence electrons. The number of alkyl halides is 1. The number of carbonyl (C=O) groups excluding carboxylic acids is 6. The molecule has 2 atom stereocenters. The molecule has 0 saturated heterocycles. The summed E-state index contributed by atoms with van der Waals surface area (Å²) in [5.41, 5.74) is -0.0940. The lowest BCUT2D eigenvalue weighted by atomic mass is 9.81. The molecule has 0 aromatic heterocycles. The van der Waals surface area contributed by atoms with E-state index in [1.165, 1.54) is 0 Å². The largest absolute Gasteiger partial charge is 0.480 e. The first-order chi connectivity index (χ1) is 28.5. The minimum absolute atomic E-state index is 0.00928. The van der Waals surface area contributed by atoms with Gasteiger partial charge in [0, 0.05) is 44.9 Å². The van der Waals surface area contributed by atoms with Gasteiger partial charge in [-0.3, -0.25) is 28.8 Å². The molecule has 20 nitrogen and oxygen atoms in total. The maximum absolute atomic E-state index is 12.8. The second kappa shape index (κ2) is 31.9. The van der Waals surface area contributed by atoms with Crippen LogP contribution < -0.4 is 31.9 Å². The van der Waals surface area contributed by atoms with Crippen LogP contribution in [0.15, 0.2) is 0 Å². The summed E-state index contributed by atoms with van der Waals surface area (Å²) in [5, 5.41) is 35.0. The minimum Gasteiger partial charge on any atom is -0.480 e. The Morgan fingerprint density at radius 1 is 0.600 bits per heavy atom. The van der Waals surface area contributed by atoms with Crippen molar-refractivity contribution in [2.75, 3.05) is 84.4 Å². The molecule has 1 aliphatic rings. The number of carboxylic acid groups (broad SMARTS) is 2. The van der Waals surface area contributed by atoms with Crippen molar-refractivity contribution >= 4 is 63.3 Å². The van der Waals surface area contributed by atoms with Crippen molar-refractivity contribution in [1.82, 2.24) is 31.9 Å². The third-order valence-corrected chi connectivity index (χ3v) is 9.62. The molecule has 1 aliphatic carbocycles. The van der Waals surface area contributed by atoms with Crippen molar-refractivity contribution in [2.45, 2.75) is 97.1 Å². The molecule has 0 radical (unpaired) electrons. The van der Waals surface area contributed by atoms with E-state index in [-0.39, 0.29) is 137 Å². The molecule has 8 N–H and O–H groups in total. The van der Waals surface area contributed by atoms with E-state index >= 15 is 0 Å².